The summed E-state index contributed by atoms with van der Waals surface area (Å²) >= 11 is 0. The largest absolute Gasteiger partial charge is 0.573 e. The minimum atomic E-state index is -4.72. The van der Waals surface area contributed by atoms with Gasteiger partial charge in [-0.25, -0.2) is 4.90 Å². The van der Waals surface area contributed by atoms with E-state index in [9.17, 15) is 23.4 Å². The molecule has 3 fully saturated rings. The maximum absolute atomic E-state index is 12.6. The molecule has 9 unspecified atom stereocenters. The molecule has 1 aromatic carbocycles. The first-order valence-electron chi connectivity index (χ1n) is 17.4. The topological polar surface area (TPSA) is 140 Å². The minimum Gasteiger partial charge on any atom is -0.406 e. The number of aliphatic hydroxyl groups excluding tert-OH is 2. The van der Waals surface area contributed by atoms with Crippen LogP contribution >= 0.6 is 0 Å². The smallest absolute Gasteiger partial charge is 0.406 e. The highest BCUT2D eigenvalue weighted by atomic mass is 19.4. The van der Waals surface area contributed by atoms with Crippen molar-refractivity contribution in [3.63, 3.8) is 0 Å². The first kappa shape index (κ1) is 36.4. The summed E-state index contributed by atoms with van der Waals surface area (Å²) in [4.78, 5) is 4.46. The second kappa shape index (κ2) is 15.3. The van der Waals surface area contributed by atoms with Gasteiger partial charge in [0.15, 0.2) is 0 Å². The zero-order chi connectivity index (χ0) is 34.0. The molecular weight excluding hydrogens is 615 g/mol. The quantitative estimate of drug-likeness (QED) is 0.148. The fourth-order valence-electron chi connectivity index (χ4n) is 7.55. The van der Waals surface area contributed by atoms with Crippen molar-refractivity contribution in [3.05, 3.63) is 18.2 Å². The zero-order valence-corrected chi connectivity index (χ0v) is 28.3. The van der Waals surface area contributed by atoms with E-state index in [0.29, 0.717) is 36.8 Å². The number of ether oxygens (including phenoxy) is 2. The lowest BCUT2D eigenvalue weighted by Crippen LogP contribution is -2.58. The summed E-state index contributed by atoms with van der Waals surface area (Å²) in [7, 11) is 0. The molecule has 8 N–H and O–H groups in total. The van der Waals surface area contributed by atoms with Gasteiger partial charge in [0.05, 0.1) is 36.4 Å². The van der Waals surface area contributed by atoms with E-state index in [1.54, 1.807) is 6.07 Å². The third-order valence-electron chi connectivity index (χ3n) is 10.6. The highest BCUT2D eigenvalue weighted by molar-refractivity contribution is 5.75. The second-order valence-electron chi connectivity index (χ2n) is 14.5. The van der Waals surface area contributed by atoms with Gasteiger partial charge >= 0.3 is 6.36 Å². The number of alkyl halides is 3. The molecule has 3 heterocycles. The Kier molecular flexibility index (Phi) is 11.9. The molecule has 1 aromatic rings. The van der Waals surface area contributed by atoms with E-state index in [1.807, 2.05) is 6.92 Å². The predicted molar refractivity (Wildman–Crippen MR) is 176 cm³/mol. The van der Waals surface area contributed by atoms with Gasteiger partial charge in [-0.15, -0.1) is 13.2 Å². The van der Waals surface area contributed by atoms with Gasteiger partial charge in [-0.1, -0.05) is 20.3 Å². The summed E-state index contributed by atoms with van der Waals surface area (Å²) in [6.45, 7) is 12.6. The fourth-order valence-corrected chi connectivity index (χ4v) is 7.55. The molecule has 1 aliphatic carbocycles. The number of benzene rings is 1. The number of nitrogens with one attached hydrogen (secondary N) is 4. The average molecular weight is 672 g/mol. The minimum absolute atomic E-state index is 0.0114. The summed E-state index contributed by atoms with van der Waals surface area (Å²) in [6, 6.07) is 4.76. The Hall–Kier alpha value is -1.91. The molecule has 14 heteroatoms. The fraction of sp³-hybridized carbons (Fsp3) is 0.818. The second-order valence-corrected chi connectivity index (χ2v) is 14.5. The molecule has 47 heavy (non-hydrogen) atoms. The van der Waals surface area contributed by atoms with Crippen molar-refractivity contribution in [2.45, 2.75) is 141 Å². The monoisotopic (exact) mass is 671 g/mol. The third kappa shape index (κ3) is 8.82. The lowest BCUT2D eigenvalue weighted by molar-refractivity contribution is -0.274. The lowest BCUT2D eigenvalue weighted by Gasteiger charge is -2.46. The van der Waals surface area contributed by atoms with E-state index < -0.39 is 30.9 Å². The molecule has 0 spiro atoms. The molecule has 9 atom stereocenters. The summed E-state index contributed by atoms with van der Waals surface area (Å²) < 4.78 is 48.3. The number of fused-ring (bicyclic) bond motifs is 1. The molecular formula is C33H56F3N7O4. The van der Waals surface area contributed by atoms with E-state index in [1.165, 1.54) is 12.1 Å². The van der Waals surface area contributed by atoms with Gasteiger partial charge in [-0.05, 0) is 83.4 Å². The standard InChI is InChI=1S/C33H56F3N7O4/c1-6-19(4)11-12-38-31-28(20(5)37)39-17-43(31)32-30(45)29(44)26(46-32)16-42(18(2)3)22-13-21(14-22)7-10-27-40-24-9-8-23(15-25(24)41-27)47-33(34,35)36/h8-9,15,18-22,26-32,38-41,44-45H,6-7,10-14,16-17,37H2,1-5H3. The maximum atomic E-state index is 12.6. The van der Waals surface area contributed by atoms with Crippen molar-refractivity contribution in [1.29, 1.82) is 0 Å². The van der Waals surface area contributed by atoms with Crippen LogP contribution in [0.3, 0.4) is 0 Å². The molecule has 0 amide bonds. The predicted octanol–water partition coefficient (Wildman–Crippen LogP) is 3.40. The van der Waals surface area contributed by atoms with Gasteiger partial charge in [0.1, 0.15) is 30.3 Å². The molecule has 3 aliphatic heterocycles. The van der Waals surface area contributed by atoms with E-state index in [4.69, 9.17) is 10.5 Å². The van der Waals surface area contributed by atoms with Crippen LogP contribution < -0.4 is 31.7 Å². The van der Waals surface area contributed by atoms with Gasteiger partial charge in [0.25, 0.3) is 0 Å². The van der Waals surface area contributed by atoms with Crippen LogP contribution in [0.2, 0.25) is 0 Å². The number of aliphatic hydroxyl groups is 2. The highest BCUT2D eigenvalue weighted by Crippen LogP contribution is 2.40. The number of nitrogens with zero attached hydrogens (tertiary/aromatic N) is 2. The average Bonchev–Trinajstić information content (AvgIpc) is 3.66. The number of hydrogen-bond donors (Lipinski definition) is 7. The number of nitrogens with two attached hydrogens (primary N) is 1. The molecule has 5 rings (SSSR count). The van der Waals surface area contributed by atoms with E-state index in [-0.39, 0.29) is 36.2 Å². The van der Waals surface area contributed by atoms with Crippen molar-refractivity contribution in [2.24, 2.45) is 17.6 Å². The molecule has 2 saturated heterocycles. The van der Waals surface area contributed by atoms with Gasteiger partial charge in [0, 0.05) is 30.7 Å². The van der Waals surface area contributed by atoms with Crippen LogP contribution in [0.15, 0.2) is 18.2 Å². The number of halogens is 3. The zero-order valence-electron chi connectivity index (χ0n) is 28.3. The number of rotatable bonds is 15. The van der Waals surface area contributed by atoms with Gasteiger partial charge in [-0.3, -0.25) is 10.2 Å². The van der Waals surface area contributed by atoms with Gasteiger partial charge < -0.3 is 41.4 Å². The van der Waals surface area contributed by atoms with Crippen LogP contribution in [-0.2, 0) is 4.74 Å². The van der Waals surface area contributed by atoms with E-state index >= 15 is 0 Å². The van der Waals surface area contributed by atoms with Gasteiger partial charge in [-0.2, -0.15) is 0 Å². The van der Waals surface area contributed by atoms with Crippen LogP contribution in [0.1, 0.15) is 73.1 Å². The Morgan fingerprint density at radius 1 is 1.11 bits per heavy atom. The molecule has 0 bridgehead atoms. The van der Waals surface area contributed by atoms with Crippen molar-refractivity contribution in [1.82, 2.24) is 20.4 Å². The summed E-state index contributed by atoms with van der Waals surface area (Å²) in [5.74, 6) is 0.897. The van der Waals surface area contributed by atoms with Crippen LogP contribution in [0.5, 0.6) is 5.75 Å². The van der Waals surface area contributed by atoms with Crippen LogP contribution in [0, 0.1) is 11.8 Å². The Bertz CT molecular complexity index is 1160. The molecule has 11 nitrogen and oxygen atoms in total. The molecule has 0 radical (unpaired) electrons. The van der Waals surface area contributed by atoms with Crippen LogP contribution in [0.4, 0.5) is 24.5 Å². The number of anilines is 2. The van der Waals surface area contributed by atoms with E-state index in [2.05, 4.69) is 63.5 Å². The Labute approximate surface area is 277 Å². The third-order valence-corrected chi connectivity index (χ3v) is 10.6. The van der Waals surface area contributed by atoms with Gasteiger partial charge in [0.2, 0.25) is 0 Å². The van der Waals surface area contributed by atoms with Crippen LogP contribution in [0.25, 0.3) is 0 Å². The summed E-state index contributed by atoms with van der Waals surface area (Å²) in [5, 5.41) is 36.1. The normalized spacial score (nSPS) is 33.9. The summed E-state index contributed by atoms with van der Waals surface area (Å²) in [6.07, 6.45) is -2.11. The van der Waals surface area contributed by atoms with Crippen LogP contribution in [-0.4, -0.2) is 107 Å². The lowest BCUT2D eigenvalue weighted by atomic mass is 9.76. The Morgan fingerprint density at radius 2 is 1.83 bits per heavy atom. The van der Waals surface area contributed by atoms with E-state index in [0.717, 1.165) is 50.8 Å². The number of hydrogen-bond acceptors (Lipinski definition) is 11. The van der Waals surface area contributed by atoms with Crippen molar-refractivity contribution in [2.75, 3.05) is 30.4 Å². The molecule has 1 saturated carbocycles. The first-order valence-corrected chi connectivity index (χ1v) is 17.4. The first-order chi connectivity index (χ1) is 22.2. The maximum Gasteiger partial charge on any atom is 0.573 e. The summed E-state index contributed by atoms with van der Waals surface area (Å²) in [5.41, 5.74) is 7.70. The van der Waals surface area contributed by atoms with Crippen molar-refractivity contribution in [3.8, 4) is 5.75 Å². The molecule has 0 aromatic heterocycles. The van der Waals surface area contributed by atoms with Crippen molar-refractivity contribution >= 4 is 11.4 Å². The Morgan fingerprint density at radius 3 is 2.49 bits per heavy atom. The van der Waals surface area contributed by atoms with Crippen molar-refractivity contribution < 1.29 is 32.9 Å². The molecule has 4 aliphatic rings. The molecule has 268 valence electrons. The highest BCUT2D eigenvalue weighted by Gasteiger charge is 2.51. The SMILES string of the molecule is CCC(C)CCNC1C(C(C)N)NCN1C1OC(CN(C(C)C)C2CC(CCC3Nc4ccc(OC(F)(F)F)cc4N3)C2)C(O)C1O. The Balaban J connectivity index is 1.10.